The zero-order chi connectivity index (χ0) is 37.5. The number of fused-ring (bicyclic) bond motifs is 10. The Morgan fingerprint density at radius 1 is 0.351 bits per heavy atom. The Morgan fingerprint density at radius 2 is 0.860 bits per heavy atom. The summed E-state index contributed by atoms with van der Waals surface area (Å²) in [6.07, 6.45) is 0. The molecule has 3 nitrogen and oxygen atoms in total. The van der Waals surface area contributed by atoms with Gasteiger partial charge < -0.3 is 14.2 Å². The van der Waals surface area contributed by atoms with Gasteiger partial charge in [-0.15, -0.1) is 22.7 Å². The summed E-state index contributed by atoms with van der Waals surface area (Å²) >= 11 is 3.72. The summed E-state index contributed by atoms with van der Waals surface area (Å²) in [6, 6.07) is 70.2. The zero-order valence-electron chi connectivity index (χ0n) is 30.6. The van der Waals surface area contributed by atoms with E-state index in [0.717, 1.165) is 61.4 Å². The molecule has 0 aliphatic carbocycles. The number of hydrogen-bond donors (Lipinski definition) is 0. The number of nitrogens with zero attached hydrogens (tertiary/aromatic N) is 2. The van der Waals surface area contributed by atoms with Gasteiger partial charge in [0.05, 0.1) is 37.5 Å². The lowest BCUT2D eigenvalue weighted by molar-refractivity contribution is 0.669. The van der Waals surface area contributed by atoms with Gasteiger partial charge in [0.25, 0.3) is 0 Å². The Labute approximate surface area is 336 Å². The third-order valence-corrected chi connectivity index (χ3v) is 13.6. The predicted molar refractivity (Wildman–Crippen MR) is 246 cm³/mol. The average Bonchev–Trinajstić information content (AvgIpc) is 3.96. The topological polar surface area (TPSA) is 19.6 Å². The minimum absolute atomic E-state index is 0.844. The van der Waals surface area contributed by atoms with Crippen molar-refractivity contribution in [2.24, 2.45) is 0 Å². The Bertz CT molecular complexity index is 3340. The summed E-state index contributed by atoms with van der Waals surface area (Å²) in [5, 5.41) is 9.55. The maximum absolute atomic E-state index is 6.85. The molecule has 12 rings (SSSR count). The molecule has 0 amide bonds. The molecule has 0 saturated carbocycles. The van der Waals surface area contributed by atoms with Crippen LogP contribution in [0, 0.1) is 0 Å². The second kappa shape index (κ2) is 12.8. The minimum Gasteiger partial charge on any atom is -0.456 e. The molecule has 3 heterocycles. The highest BCUT2D eigenvalue weighted by Gasteiger charge is 2.29. The van der Waals surface area contributed by atoms with Crippen molar-refractivity contribution in [1.82, 2.24) is 0 Å². The maximum Gasteiger partial charge on any atom is 0.137 e. The molecule has 3 aromatic heterocycles. The zero-order valence-corrected chi connectivity index (χ0v) is 32.2. The Balaban J connectivity index is 1.28. The number of hydrogen-bond acceptors (Lipinski definition) is 5. The van der Waals surface area contributed by atoms with E-state index in [1.165, 1.54) is 45.7 Å². The Morgan fingerprint density at radius 3 is 1.46 bits per heavy atom. The molecule has 9 aromatic carbocycles. The first kappa shape index (κ1) is 32.3. The van der Waals surface area contributed by atoms with Gasteiger partial charge in [-0.25, -0.2) is 0 Å². The van der Waals surface area contributed by atoms with Crippen LogP contribution in [-0.4, -0.2) is 0 Å². The highest BCUT2D eigenvalue weighted by Crippen LogP contribution is 2.55. The number of benzene rings is 9. The molecule has 0 N–H and O–H groups in total. The SMILES string of the molecule is c1ccc(N(c2ccccc2)c2c(N(c3cccc4c3sc3ccccc34)c3cccc4c3sc3ccccc34)ccc3oc4cc5ccccc5cc4c23)cc1. The van der Waals surface area contributed by atoms with Crippen molar-refractivity contribution in [1.29, 1.82) is 0 Å². The van der Waals surface area contributed by atoms with E-state index in [9.17, 15) is 0 Å². The van der Waals surface area contributed by atoms with Crippen molar-refractivity contribution < 1.29 is 4.42 Å². The van der Waals surface area contributed by atoms with Crippen LogP contribution in [0.1, 0.15) is 0 Å². The first-order chi connectivity index (χ1) is 28.3. The fourth-order valence-electron chi connectivity index (χ4n) is 8.70. The molecule has 0 saturated heterocycles. The second-order valence-corrected chi connectivity index (χ2v) is 16.6. The van der Waals surface area contributed by atoms with E-state index in [0.29, 0.717) is 0 Å². The summed E-state index contributed by atoms with van der Waals surface area (Å²) < 4.78 is 11.9. The molecule has 0 bridgehead atoms. The van der Waals surface area contributed by atoms with Gasteiger partial charge in [-0.05, 0) is 83.6 Å². The van der Waals surface area contributed by atoms with Crippen molar-refractivity contribution in [2.75, 3.05) is 9.80 Å². The van der Waals surface area contributed by atoms with Gasteiger partial charge in [0, 0.05) is 47.7 Å². The summed E-state index contributed by atoms with van der Waals surface area (Å²) in [4.78, 5) is 4.95. The molecule has 57 heavy (non-hydrogen) atoms. The van der Waals surface area contributed by atoms with Crippen LogP contribution in [0.4, 0.5) is 34.1 Å². The number of para-hydroxylation sites is 2. The predicted octanol–water partition coefficient (Wildman–Crippen LogP) is 16.4. The molecular formula is C52H32N2OS2. The Hall–Kier alpha value is -6.92. The van der Waals surface area contributed by atoms with Crippen LogP contribution >= 0.6 is 22.7 Å². The molecule has 0 unspecified atom stereocenters. The van der Waals surface area contributed by atoms with Crippen LogP contribution in [0.5, 0.6) is 0 Å². The van der Waals surface area contributed by atoms with Crippen molar-refractivity contribution in [3.63, 3.8) is 0 Å². The van der Waals surface area contributed by atoms with Crippen LogP contribution in [-0.2, 0) is 0 Å². The maximum atomic E-state index is 6.85. The lowest BCUT2D eigenvalue weighted by Crippen LogP contribution is -2.17. The number of thiophene rings is 2. The van der Waals surface area contributed by atoms with Crippen LogP contribution < -0.4 is 9.80 Å². The van der Waals surface area contributed by atoms with Crippen LogP contribution in [0.3, 0.4) is 0 Å². The largest absolute Gasteiger partial charge is 0.456 e. The molecule has 12 aromatic rings. The Kier molecular flexibility index (Phi) is 7.27. The average molecular weight is 765 g/mol. The first-order valence-corrected chi connectivity index (χ1v) is 20.8. The number of rotatable bonds is 6. The lowest BCUT2D eigenvalue weighted by Gasteiger charge is -2.34. The summed E-state index contributed by atoms with van der Waals surface area (Å²) in [6.45, 7) is 0. The first-order valence-electron chi connectivity index (χ1n) is 19.2. The van der Waals surface area contributed by atoms with Crippen LogP contribution in [0.2, 0.25) is 0 Å². The van der Waals surface area contributed by atoms with Gasteiger partial charge in [-0.3, -0.25) is 0 Å². The fraction of sp³-hybridized carbons (Fsp3) is 0. The van der Waals surface area contributed by atoms with Crippen molar-refractivity contribution in [2.45, 2.75) is 0 Å². The summed E-state index contributed by atoms with van der Waals surface area (Å²) in [7, 11) is 0. The molecule has 0 spiro atoms. The van der Waals surface area contributed by atoms with E-state index in [1.807, 2.05) is 22.7 Å². The van der Waals surface area contributed by atoms with E-state index in [4.69, 9.17) is 4.42 Å². The van der Waals surface area contributed by atoms with Crippen LogP contribution in [0.15, 0.2) is 199 Å². The highest BCUT2D eigenvalue weighted by molar-refractivity contribution is 7.27. The molecule has 0 aliphatic rings. The number of furan rings is 1. The molecule has 5 heteroatoms. The van der Waals surface area contributed by atoms with Gasteiger partial charge in [0.2, 0.25) is 0 Å². The van der Waals surface area contributed by atoms with E-state index < -0.39 is 0 Å². The molecule has 0 aliphatic heterocycles. The highest BCUT2D eigenvalue weighted by atomic mass is 32.1. The number of anilines is 6. The molecule has 0 radical (unpaired) electrons. The van der Waals surface area contributed by atoms with Gasteiger partial charge in [-0.1, -0.05) is 121 Å². The van der Waals surface area contributed by atoms with E-state index in [1.54, 1.807) is 0 Å². The van der Waals surface area contributed by atoms with Crippen molar-refractivity contribution in [3.8, 4) is 0 Å². The molecule has 0 fully saturated rings. The lowest BCUT2D eigenvalue weighted by atomic mass is 10.0. The fourth-order valence-corrected chi connectivity index (χ4v) is 11.1. The molecule has 268 valence electrons. The third-order valence-electron chi connectivity index (χ3n) is 11.2. The summed E-state index contributed by atoms with van der Waals surface area (Å²) in [5.41, 5.74) is 8.22. The van der Waals surface area contributed by atoms with Crippen molar-refractivity contribution in [3.05, 3.63) is 194 Å². The second-order valence-electron chi connectivity index (χ2n) is 14.5. The molecule has 0 atom stereocenters. The smallest absolute Gasteiger partial charge is 0.137 e. The van der Waals surface area contributed by atoms with E-state index >= 15 is 0 Å². The third kappa shape index (κ3) is 5.03. The van der Waals surface area contributed by atoms with Gasteiger partial charge in [-0.2, -0.15) is 0 Å². The van der Waals surface area contributed by atoms with Gasteiger partial charge >= 0.3 is 0 Å². The van der Waals surface area contributed by atoms with Crippen molar-refractivity contribution >= 4 is 130 Å². The van der Waals surface area contributed by atoms with E-state index in [-0.39, 0.29) is 0 Å². The van der Waals surface area contributed by atoms with E-state index in [2.05, 4.69) is 204 Å². The van der Waals surface area contributed by atoms with Gasteiger partial charge in [0.1, 0.15) is 11.2 Å². The minimum atomic E-state index is 0.844. The van der Waals surface area contributed by atoms with Crippen LogP contribution in [0.25, 0.3) is 73.1 Å². The van der Waals surface area contributed by atoms with Gasteiger partial charge in [0.15, 0.2) is 0 Å². The quantitative estimate of drug-likeness (QED) is 0.168. The summed E-state index contributed by atoms with van der Waals surface area (Å²) in [5.74, 6) is 0. The normalized spacial score (nSPS) is 11.9. The monoisotopic (exact) mass is 764 g/mol. The molecular weight excluding hydrogens is 733 g/mol. The standard InChI is InChI=1S/C52H32N2OS2/c1-3-17-35(18-4-1)53(36-19-5-2-6-20-36)50-42(29-30-45-49(50)41-31-33-15-7-8-16-34(33)32-46(41)55-45)54(43-25-13-23-39-37-21-9-11-27-47(37)56-51(39)43)44-26-14-24-40-38-22-10-12-28-48(38)57-52(40)44/h1-32H.